The first-order valence-electron chi connectivity index (χ1n) is 0.632. The van der Waals surface area contributed by atoms with Crippen molar-refractivity contribution in [2.45, 2.75) is 0 Å². The number of hydrogen-bond donors (Lipinski definition) is 1. The van der Waals surface area contributed by atoms with E-state index in [-0.39, 0.29) is 29.6 Å². The van der Waals surface area contributed by atoms with Crippen LogP contribution < -0.4 is 14.0 Å². The number of halogens is 1. The molecule has 4 nitrogen and oxygen atoms in total. The van der Waals surface area contributed by atoms with Crippen molar-refractivity contribution < 1.29 is 28.9 Å². The van der Waals surface area contributed by atoms with Crippen molar-refractivity contribution in [2.75, 3.05) is 0 Å². The summed E-state index contributed by atoms with van der Waals surface area (Å²) in [4.78, 5) is 0. The molecule has 0 heterocycles. The maximum atomic E-state index is 8.60. The molecule has 0 aromatic carbocycles. The fourth-order valence-corrected chi connectivity index (χ4v) is 0. The van der Waals surface area contributed by atoms with Crippen LogP contribution in [-0.4, -0.2) is 34.2 Å². The summed E-state index contributed by atoms with van der Waals surface area (Å²) in [5, 5.41) is 0. The van der Waals surface area contributed by atoms with Gasteiger partial charge in [-0.25, -0.2) is 0 Å². The summed E-state index contributed by atoms with van der Waals surface area (Å²) < 4.78 is 32.7. The molecule has 0 fully saturated rings. The van der Waals surface area contributed by atoms with E-state index >= 15 is 0 Å². The molecule has 0 aromatic heterocycles. The summed E-state index contributed by atoms with van der Waals surface area (Å²) in [7, 11) is -4.69. The molecule has 6 heteroatoms. The van der Waals surface area contributed by atoms with Gasteiger partial charge in [-0.05, 0) is 0 Å². The average molecular weight is 123 g/mol. The predicted octanol–water partition coefficient (Wildman–Crippen LogP) is -4.50. The summed E-state index contributed by atoms with van der Waals surface area (Å²) in [6, 6.07) is 0. The largest absolute Gasteiger partial charge is 0.183 e. The third kappa shape index (κ3) is 68.5. The van der Waals surface area contributed by atoms with Gasteiger partial charge in [-0.2, -0.15) is 14.0 Å². The van der Waals surface area contributed by atoms with Crippen LogP contribution in [0.1, 0.15) is 0 Å². The van der Waals surface area contributed by atoms with Crippen molar-refractivity contribution in [1.82, 2.24) is 0 Å². The first-order chi connectivity index (χ1) is 2.00. The van der Waals surface area contributed by atoms with Gasteiger partial charge < -0.3 is 0 Å². The van der Waals surface area contributed by atoms with Gasteiger partial charge in [-0.15, -0.1) is 0 Å². The molecule has 0 spiro atoms. The Morgan fingerprint density at radius 1 is 1.17 bits per heavy atom. The minimum Gasteiger partial charge on any atom is -0.183 e. The Balaban J connectivity index is 0. The van der Waals surface area contributed by atoms with Gasteiger partial charge in [0, 0.05) is 29.6 Å². The van der Waals surface area contributed by atoms with E-state index in [1.807, 2.05) is 0 Å². The second kappa shape index (κ2) is 3.17. The minimum absolute atomic E-state index is 0. The van der Waals surface area contributed by atoms with E-state index in [2.05, 4.69) is 0 Å². The molecule has 0 bridgehead atoms. The topological polar surface area (TPSA) is 89.4 Å². The molecule has 33 valence electrons. The SMILES string of the molecule is [Na].[O-][Cl+3]([O-])([O-])O. The zero-order valence-corrected chi connectivity index (χ0v) is 5.81. The van der Waals surface area contributed by atoms with Crippen LogP contribution >= 0.6 is 0 Å². The smallest absolute Gasteiger partial charge is 0.0777 e. The van der Waals surface area contributed by atoms with Crippen molar-refractivity contribution in [1.29, 1.82) is 0 Å². The molecule has 0 unspecified atom stereocenters. The van der Waals surface area contributed by atoms with E-state index in [4.69, 9.17) is 18.6 Å². The van der Waals surface area contributed by atoms with Crippen molar-refractivity contribution in [3.63, 3.8) is 0 Å². The fourth-order valence-electron chi connectivity index (χ4n) is 0. The van der Waals surface area contributed by atoms with E-state index < -0.39 is 10.2 Å². The summed E-state index contributed by atoms with van der Waals surface area (Å²) in [5.41, 5.74) is 0. The van der Waals surface area contributed by atoms with Crippen LogP contribution in [0, 0.1) is 10.2 Å². The summed E-state index contributed by atoms with van der Waals surface area (Å²) in [5.74, 6) is 0. The Bertz CT molecular complexity index is 23.0. The number of hydrogen-bond acceptors (Lipinski definition) is 4. The van der Waals surface area contributed by atoms with E-state index in [9.17, 15) is 0 Å². The molecular weight excluding hydrogens is 122 g/mol. The normalized spacial score (nSPS) is 10.0. The third-order valence-corrected chi connectivity index (χ3v) is 0. The maximum absolute atomic E-state index is 8.60. The molecule has 0 rings (SSSR count). The quantitative estimate of drug-likeness (QED) is 0.329. The minimum atomic E-state index is -4.69. The predicted molar refractivity (Wildman–Crippen MR) is 7.97 cm³/mol. The zero-order chi connectivity index (χ0) is 4.50. The summed E-state index contributed by atoms with van der Waals surface area (Å²) in [6.45, 7) is 0. The van der Waals surface area contributed by atoms with Crippen molar-refractivity contribution in [3.05, 3.63) is 0 Å². The van der Waals surface area contributed by atoms with E-state index in [0.29, 0.717) is 0 Å². The number of rotatable bonds is 0. The Morgan fingerprint density at radius 3 is 1.17 bits per heavy atom. The van der Waals surface area contributed by atoms with Crippen LogP contribution in [0.15, 0.2) is 0 Å². The van der Waals surface area contributed by atoms with E-state index in [1.165, 1.54) is 0 Å². The van der Waals surface area contributed by atoms with Crippen molar-refractivity contribution in [2.24, 2.45) is 0 Å². The van der Waals surface area contributed by atoms with Crippen LogP contribution in [0.2, 0.25) is 0 Å². The monoisotopic (exact) mass is 123 g/mol. The molecule has 0 saturated carbocycles. The van der Waals surface area contributed by atoms with Gasteiger partial charge in [0.25, 0.3) is 0 Å². The Labute approximate surface area is 58.4 Å². The first-order valence-corrected chi connectivity index (χ1v) is 1.90. The van der Waals surface area contributed by atoms with Crippen LogP contribution in [0.3, 0.4) is 0 Å². The standard InChI is InChI=1S/ClHO4.Na/c2-1(3,4)5;/h(H,2,3,4,5);. The Morgan fingerprint density at radius 2 is 1.17 bits per heavy atom. The first kappa shape index (κ1) is 10.2. The van der Waals surface area contributed by atoms with Crippen LogP contribution in [0.5, 0.6) is 0 Å². The average Bonchev–Trinajstić information content (AvgIpc) is 0.722. The molecule has 0 aliphatic heterocycles. The van der Waals surface area contributed by atoms with Crippen molar-refractivity contribution >= 4 is 29.6 Å². The molecular formula is HClNaO4. The van der Waals surface area contributed by atoms with E-state index in [0.717, 1.165) is 0 Å². The molecule has 1 N–H and O–H groups in total. The molecule has 0 atom stereocenters. The molecule has 0 aliphatic carbocycles. The Kier molecular flexibility index (Phi) is 5.38. The Hall–Kier alpha value is 1.13. The van der Waals surface area contributed by atoms with Gasteiger partial charge >= 0.3 is 0 Å². The van der Waals surface area contributed by atoms with Crippen LogP contribution in [0.4, 0.5) is 0 Å². The van der Waals surface area contributed by atoms with Crippen molar-refractivity contribution in [3.8, 4) is 0 Å². The molecule has 0 saturated heterocycles. The van der Waals surface area contributed by atoms with E-state index in [1.54, 1.807) is 0 Å². The molecule has 0 aromatic rings. The molecule has 0 amide bonds. The second-order valence-corrected chi connectivity index (χ2v) is 1.19. The summed E-state index contributed by atoms with van der Waals surface area (Å²) in [6.07, 6.45) is 0. The maximum Gasteiger partial charge on any atom is 0.0777 e. The molecule has 1 radical (unpaired) electrons. The molecule has 0 aliphatic rings. The van der Waals surface area contributed by atoms with Crippen LogP contribution in [0.25, 0.3) is 0 Å². The van der Waals surface area contributed by atoms with Gasteiger partial charge in [0.2, 0.25) is 0 Å². The van der Waals surface area contributed by atoms with Gasteiger partial charge in [-0.1, -0.05) is 0 Å². The fraction of sp³-hybridized carbons (Fsp3) is 0. The van der Waals surface area contributed by atoms with Gasteiger partial charge in [-0.3, -0.25) is 0 Å². The zero-order valence-electron chi connectivity index (χ0n) is 3.05. The second-order valence-electron chi connectivity index (χ2n) is 0.396. The van der Waals surface area contributed by atoms with Gasteiger partial charge in [0.15, 0.2) is 0 Å². The van der Waals surface area contributed by atoms with Gasteiger partial charge in [0.1, 0.15) is 0 Å². The molecule has 6 heavy (non-hydrogen) atoms. The summed E-state index contributed by atoms with van der Waals surface area (Å²) >= 11 is 0. The van der Waals surface area contributed by atoms with Crippen LogP contribution in [-0.2, 0) is 0 Å². The van der Waals surface area contributed by atoms with Gasteiger partial charge in [0.05, 0.1) is 14.9 Å². The third-order valence-electron chi connectivity index (χ3n) is 0.